The quantitative estimate of drug-likeness (QED) is 0.608. The van der Waals surface area contributed by atoms with E-state index in [1.54, 1.807) is 7.11 Å². The average molecular weight is 212 g/mol. The van der Waals surface area contributed by atoms with E-state index in [0.29, 0.717) is 25.7 Å². The summed E-state index contributed by atoms with van der Waals surface area (Å²) in [5.74, 6) is 0.468. The molecule has 1 aliphatic carbocycles. The minimum atomic E-state index is -0.465. The third-order valence-corrected chi connectivity index (χ3v) is 2.89. The van der Waals surface area contributed by atoms with E-state index in [1.807, 2.05) is 7.05 Å². The molecule has 1 rings (SSSR count). The van der Waals surface area contributed by atoms with Crippen LogP contribution in [0, 0.1) is 17.2 Å². The third kappa shape index (κ3) is 3.45. The Balaban J connectivity index is 2.23. The van der Waals surface area contributed by atoms with Gasteiger partial charge in [0.25, 0.3) is 0 Å². The molecule has 0 aromatic rings. The van der Waals surface area contributed by atoms with Crippen molar-refractivity contribution in [2.75, 3.05) is 34.0 Å². The van der Waals surface area contributed by atoms with Crippen molar-refractivity contribution in [2.24, 2.45) is 5.92 Å². The lowest BCUT2D eigenvalue weighted by molar-refractivity contribution is 0.0672. The van der Waals surface area contributed by atoms with E-state index < -0.39 is 5.54 Å². The molecular weight excluding hydrogens is 192 g/mol. The molecule has 0 spiro atoms. The van der Waals surface area contributed by atoms with Crippen LogP contribution in [0.15, 0.2) is 0 Å². The molecule has 86 valence electrons. The molecule has 1 unspecified atom stereocenters. The van der Waals surface area contributed by atoms with E-state index in [2.05, 4.69) is 11.4 Å². The van der Waals surface area contributed by atoms with Gasteiger partial charge in [0.05, 0.1) is 12.7 Å². The summed E-state index contributed by atoms with van der Waals surface area (Å²) in [5, 5.41) is 12.3. The highest BCUT2D eigenvalue weighted by Crippen LogP contribution is 2.39. The lowest BCUT2D eigenvalue weighted by Crippen LogP contribution is -2.48. The molecule has 0 heterocycles. The van der Waals surface area contributed by atoms with E-state index >= 15 is 0 Å². The largest absolute Gasteiger partial charge is 0.385 e. The number of nitrogens with zero attached hydrogens (tertiary/aromatic N) is 1. The second kappa shape index (κ2) is 6.06. The Kier molecular flexibility index (Phi) is 5.03. The van der Waals surface area contributed by atoms with Crippen molar-refractivity contribution >= 4 is 0 Å². The Bertz CT molecular complexity index is 223. The summed E-state index contributed by atoms with van der Waals surface area (Å²) < 4.78 is 10.4. The first-order chi connectivity index (χ1) is 7.29. The van der Waals surface area contributed by atoms with Gasteiger partial charge in [0.15, 0.2) is 0 Å². The maximum atomic E-state index is 9.17. The van der Waals surface area contributed by atoms with Crippen LogP contribution in [-0.2, 0) is 9.47 Å². The van der Waals surface area contributed by atoms with E-state index in [4.69, 9.17) is 9.47 Å². The summed E-state index contributed by atoms with van der Waals surface area (Å²) in [7, 11) is 3.51. The normalized spacial score (nSPS) is 19.5. The van der Waals surface area contributed by atoms with Crippen molar-refractivity contribution in [1.82, 2.24) is 5.32 Å². The number of rotatable bonds is 8. The number of likely N-dealkylation sites (N-methyl/N-ethyl adjacent to an activating group) is 1. The van der Waals surface area contributed by atoms with Crippen LogP contribution in [0.2, 0.25) is 0 Å². The van der Waals surface area contributed by atoms with Crippen LogP contribution in [-0.4, -0.2) is 39.5 Å². The van der Waals surface area contributed by atoms with Gasteiger partial charge in [-0.25, -0.2) is 0 Å². The summed E-state index contributed by atoms with van der Waals surface area (Å²) in [6.07, 6.45) is 3.15. The standard InChI is InChI=1S/C11H20N2O2/c1-13-11(8-12,10-4-5-10)9-15-7-3-6-14-2/h10,13H,3-7,9H2,1-2H3. The molecule has 1 saturated carbocycles. The molecule has 1 N–H and O–H groups in total. The van der Waals surface area contributed by atoms with Crippen LogP contribution >= 0.6 is 0 Å². The van der Waals surface area contributed by atoms with E-state index in [-0.39, 0.29) is 0 Å². The van der Waals surface area contributed by atoms with Crippen molar-refractivity contribution in [1.29, 1.82) is 5.26 Å². The fraction of sp³-hybridized carbons (Fsp3) is 0.909. The van der Waals surface area contributed by atoms with Gasteiger partial charge in [-0.3, -0.25) is 0 Å². The van der Waals surface area contributed by atoms with Gasteiger partial charge < -0.3 is 14.8 Å². The molecule has 15 heavy (non-hydrogen) atoms. The monoisotopic (exact) mass is 212 g/mol. The molecule has 0 bridgehead atoms. The smallest absolute Gasteiger partial charge is 0.132 e. The fourth-order valence-corrected chi connectivity index (χ4v) is 1.69. The van der Waals surface area contributed by atoms with Crippen LogP contribution in [0.25, 0.3) is 0 Å². The maximum Gasteiger partial charge on any atom is 0.132 e. The Morgan fingerprint density at radius 3 is 2.67 bits per heavy atom. The second-order valence-electron chi connectivity index (χ2n) is 4.01. The zero-order valence-electron chi connectivity index (χ0n) is 9.58. The molecular formula is C11H20N2O2. The molecule has 4 heteroatoms. The minimum Gasteiger partial charge on any atom is -0.385 e. The second-order valence-corrected chi connectivity index (χ2v) is 4.01. The summed E-state index contributed by atoms with van der Waals surface area (Å²) >= 11 is 0. The van der Waals surface area contributed by atoms with Crippen molar-refractivity contribution in [2.45, 2.75) is 24.8 Å². The van der Waals surface area contributed by atoms with Crippen LogP contribution in [0.3, 0.4) is 0 Å². The van der Waals surface area contributed by atoms with Gasteiger partial charge in [-0.2, -0.15) is 5.26 Å². The summed E-state index contributed by atoms with van der Waals surface area (Å²) in [6.45, 7) is 1.85. The fourth-order valence-electron chi connectivity index (χ4n) is 1.69. The van der Waals surface area contributed by atoms with E-state index in [9.17, 15) is 5.26 Å². The molecule has 0 aromatic heterocycles. The first kappa shape index (κ1) is 12.4. The zero-order chi connectivity index (χ0) is 11.1. The lowest BCUT2D eigenvalue weighted by Gasteiger charge is -2.25. The predicted octanol–water partition coefficient (Wildman–Crippen LogP) is 0.931. The van der Waals surface area contributed by atoms with Crippen molar-refractivity contribution in [3.8, 4) is 6.07 Å². The number of ether oxygens (including phenoxy) is 2. The lowest BCUT2D eigenvalue weighted by atomic mass is 9.96. The third-order valence-electron chi connectivity index (χ3n) is 2.89. The molecule has 0 amide bonds. The average Bonchev–Trinajstić information content (AvgIpc) is 3.08. The molecule has 4 nitrogen and oxygen atoms in total. The first-order valence-corrected chi connectivity index (χ1v) is 5.46. The summed E-state index contributed by atoms with van der Waals surface area (Å²) in [5.41, 5.74) is -0.465. The molecule has 0 radical (unpaired) electrons. The molecule has 1 fully saturated rings. The predicted molar refractivity (Wildman–Crippen MR) is 57.4 cm³/mol. The Hall–Kier alpha value is -0.630. The Morgan fingerprint density at radius 1 is 1.47 bits per heavy atom. The molecule has 1 aliphatic rings. The number of methoxy groups -OCH3 is 1. The molecule has 1 atom stereocenters. The molecule has 0 saturated heterocycles. The number of nitrogens with one attached hydrogen (secondary N) is 1. The van der Waals surface area contributed by atoms with Crippen molar-refractivity contribution in [3.63, 3.8) is 0 Å². The van der Waals surface area contributed by atoms with Gasteiger partial charge in [-0.1, -0.05) is 0 Å². The van der Waals surface area contributed by atoms with Crippen LogP contribution in [0.1, 0.15) is 19.3 Å². The summed E-state index contributed by atoms with van der Waals surface area (Å²) in [4.78, 5) is 0. The topological polar surface area (TPSA) is 54.3 Å². The Labute approximate surface area is 91.6 Å². The van der Waals surface area contributed by atoms with Crippen LogP contribution < -0.4 is 5.32 Å². The van der Waals surface area contributed by atoms with Crippen LogP contribution in [0.5, 0.6) is 0 Å². The number of nitriles is 1. The molecule has 0 aliphatic heterocycles. The van der Waals surface area contributed by atoms with Gasteiger partial charge in [0.2, 0.25) is 0 Å². The maximum absolute atomic E-state index is 9.17. The molecule has 0 aromatic carbocycles. The van der Waals surface area contributed by atoms with Gasteiger partial charge in [0, 0.05) is 20.3 Å². The van der Waals surface area contributed by atoms with Gasteiger partial charge in [-0.15, -0.1) is 0 Å². The highest BCUT2D eigenvalue weighted by Gasteiger charge is 2.44. The van der Waals surface area contributed by atoms with E-state index in [0.717, 1.165) is 19.3 Å². The van der Waals surface area contributed by atoms with Crippen molar-refractivity contribution in [3.05, 3.63) is 0 Å². The number of hydrogen-bond acceptors (Lipinski definition) is 4. The van der Waals surface area contributed by atoms with Gasteiger partial charge >= 0.3 is 0 Å². The minimum absolute atomic E-state index is 0.465. The highest BCUT2D eigenvalue weighted by molar-refractivity contribution is 5.14. The van der Waals surface area contributed by atoms with Gasteiger partial charge in [-0.05, 0) is 32.2 Å². The van der Waals surface area contributed by atoms with Crippen LogP contribution in [0.4, 0.5) is 0 Å². The first-order valence-electron chi connectivity index (χ1n) is 5.46. The highest BCUT2D eigenvalue weighted by atomic mass is 16.5. The summed E-state index contributed by atoms with van der Waals surface area (Å²) in [6, 6.07) is 2.35. The number of hydrogen-bond donors (Lipinski definition) is 1. The van der Waals surface area contributed by atoms with Crippen molar-refractivity contribution < 1.29 is 9.47 Å². The van der Waals surface area contributed by atoms with E-state index in [1.165, 1.54) is 0 Å². The van der Waals surface area contributed by atoms with Gasteiger partial charge in [0.1, 0.15) is 5.54 Å². The zero-order valence-corrected chi connectivity index (χ0v) is 9.58. The Morgan fingerprint density at radius 2 is 2.20 bits per heavy atom. The SMILES string of the molecule is CNC(C#N)(COCCCOC)C1CC1.